The van der Waals surface area contributed by atoms with E-state index in [1.807, 2.05) is 6.07 Å². The number of esters is 1. The number of carbonyl (C=O) groups is 2. The highest BCUT2D eigenvalue weighted by Gasteiger charge is 2.15. The number of methoxy groups -OCH3 is 1. The molecule has 0 bridgehead atoms. The highest BCUT2D eigenvalue weighted by Crippen LogP contribution is 2.28. The number of thiophene rings is 1. The number of fused-ring (bicyclic) bond motifs is 1. The van der Waals surface area contributed by atoms with Crippen molar-refractivity contribution in [3.63, 3.8) is 0 Å². The number of aromatic nitrogens is 2. The highest BCUT2D eigenvalue weighted by atomic mass is 35.5. The molecule has 0 aliphatic carbocycles. The Labute approximate surface area is 146 Å². The minimum Gasteiger partial charge on any atom is -0.465 e. The van der Waals surface area contributed by atoms with Crippen LogP contribution in [-0.2, 0) is 11.8 Å². The van der Waals surface area contributed by atoms with Gasteiger partial charge in [-0.2, -0.15) is 0 Å². The molecule has 2 aromatic heterocycles. The number of nitrogens with one attached hydrogen (secondary N) is 2. The molecule has 0 aliphatic rings. The Balaban J connectivity index is 1.85. The SMILES string of the molecule is COC(=O)c1cc2cc(NC(=O)c3nc(NCl)cn3C)ccc2s1. The van der Waals surface area contributed by atoms with Gasteiger partial charge in [0, 0.05) is 35.4 Å². The molecule has 0 radical (unpaired) electrons. The summed E-state index contributed by atoms with van der Waals surface area (Å²) in [6, 6.07) is 7.13. The van der Waals surface area contributed by atoms with Gasteiger partial charge < -0.3 is 14.6 Å². The summed E-state index contributed by atoms with van der Waals surface area (Å²) in [6.07, 6.45) is 1.60. The zero-order chi connectivity index (χ0) is 17.3. The number of aryl methyl sites for hydroxylation is 1. The first kappa shape index (κ1) is 16.3. The fraction of sp³-hybridized carbons (Fsp3) is 0.133. The van der Waals surface area contributed by atoms with Crippen LogP contribution < -0.4 is 10.2 Å². The summed E-state index contributed by atoms with van der Waals surface area (Å²) in [5.74, 6) is -0.131. The number of hydrogen-bond acceptors (Lipinski definition) is 6. The Morgan fingerprint density at radius 3 is 2.79 bits per heavy atom. The van der Waals surface area contributed by atoms with Gasteiger partial charge in [-0.15, -0.1) is 11.3 Å². The van der Waals surface area contributed by atoms with Crippen molar-refractivity contribution in [3.05, 3.63) is 41.2 Å². The molecule has 0 aliphatic heterocycles. The van der Waals surface area contributed by atoms with E-state index >= 15 is 0 Å². The van der Waals surface area contributed by atoms with Crippen molar-refractivity contribution < 1.29 is 14.3 Å². The molecule has 3 aromatic rings. The molecule has 3 rings (SSSR count). The van der Waals surface area contributed by atoms with Gasteiger partial charge in [-0.25, -0.2) is 9.78 Å². The van der Waals surface area contributed by atoms with Crippen LogP contribution in [0.4, 0.5) is 11.5 Å². The maximum absolute atomic E-state index is 12.3. The van der Waals surface area contributed by atoms with Crippen LogP contribution in [0.1, 0.15) is 20.3 Å². The number of rotatable bonds is 4. The Kier molecular flexibility index (Phi) is 4.41. The van der Waals surface area contributed by atoms with Crippen LogP contribution in [0.3, 0.4) is 0 Å². The van der Waals surface area contributed by atoms with Crippen LogP contribution in [-0.4, -0.2) is 28.5 Å². The van der Waals surface area contributed by atoms with Crippen LogP contribution in [0.15, 0.2) is 30.5 Å². The van der Waals surface area contributed by atoms with E-state index in [0.717, 1.165) is 10.1 Å². The second-order valence-electron chi connectivity index (χ2n) is 4.96. The Morgan fingerprint density at radius 2 is 2.12 bits per heavy atom. The van der Waals surface area contributed by atoms with Gasteiger partial charge >= 0.3 is 5.97 Å². The van der Waals surface area contributed by atoms with E-state index in [-0.39, 0.29) is 17.7 Å². The summed E-state index contributed by atoms with van der Waals surface area (Å²) < 4.78 is 7.22. The van der Waals surface area contributed by atoms with Gasteiger partial charge in [-0.3, -0.25) is 9.63 Å². The van der Waals surface area contributed by atoms with Crippen LogP contribution in [0.2, 0.25) is 0 Å². The first-order valence-electron chi connectivity index (χ1n) is 6.85. The second-order valence-corrected chi connectivity index (χ2v) is 6.24. The van der Waals surface area contributed by atoms with E-state index < -0.39 is 0 Å². The Bertz CT molecular complexity index is 934. The first-order valence-corrected chi connectivity index (χ1v) is 8.04. The van der Waals surface area contributed by atoms with Crippen molar-refractivity contribution in [3.8, 4) is 0 Å². The fourth-order valence-electron chi connectivity index (χ4n) is 2.23. The molecule has 124 valence electrons. The summed E-state index contributed by atoms with van der Waals surface area (Å²) in [7, 11) is 3.04. The molecule has 2 heterocycles. The van der Waals surface area contributed by atoms with Crippen LogP contribution in [0.25, 0.3) is 10.1 Å². The minimum atomic E-state index is -0.379. The zero-order valence-corrected chi connectivity index (χ0v) is 14.4. The molecule has 1 aromatic carbocycles. The van der Waals surface area contributed by atoms with Gasteiger partial charge in [-0.05, 0) is 29.7 Å². The topological polar surface area (TPSA) is 85.2 Å². The van der Waals surface area contributed by atoms with Gasteiger partial charge in [0.2, 0.25) is 5.82 Å². The fourth-order valence-corrected chi connectivity index (χ4v) is 3.28. The molecule has 0 saturated heterocycles. The molecule has 1 amide bonds. The van der Waals surface area contributed by atoms with Crippen LogP contribution >= 0.6 is 23.1 Å². The predicted molar refractivity (Wildman–Crippen MR) is 93.8 cm³/mol. The number of benzene rings is 1. The molecule has 0 spiro atoms. The van der Waals surface area contributed by atoms with Crippen LogP contribution in [0, 0.1) is 0 Å². The molecule has 24 heavy (non-hydrogen) atoms. The third kappa shape index (κ3) is 3.06. The van der Waals surface area contributed by atoms with E-state index in [1.165, 1.54) is 18.4 Å². The van der Waals surface area contributed by atoms with Gasteiger partial charge in [0.05, 0.1) is 7.11 Å². The Morgan fingerprint density at radius 1 is 1.33 bits per heavy atom. The van der Waals surface area contributed by atoms with E-state index in [1.54, 1.807) is 36.0 Å². The van der Waals surface area contributed by atoms with Crippen LogP contribution in [0.5, 0.6) is 0 Å². The normalized spacial score (nSPS) is 10.6. The van der Waals surface area contributed by atoms with Crippen molar-refractivity contribution >= 4 is 56.6 Å². The number of carbonyl (C=O) groups excluding carboxylic acids is 2. The average Bonchev–Trinajstić information content (AvgIpc) is 3.16. The lowest BCUT2D eigenvalue weighted by molar-refractivity contribution is 0.0606. The molecular formula is C15H13ClN4O3S. The van der Waals surface area contributed by atoms with Crippen molar-refractivity contribution in [2.24, 2.45) is 7.05 Å². The van der Waals surface area contributed by atoms with Crippen molar-refractivity contribution in [1.29, 1.82) is 0 Å². The summed E-state index contributed by atoms with van der Waals surface area (Å²) in [5, 5.41) is 3.62. The van der Waals surface area contributed by atoms with Crippen molar-refractivity contribution in [2.75, 3.05) is 17.3 Å². The van der Waals surface area contributed by atoms with E-state index in [2.05, 4.69) is 15.1 Å². The lowest BCUT2D eigenvalue weighted by Gasteiger charge is -2.05. The number of hydrogen-bond donors (Lipinski definition) is 2. The zero-order valence-electron chi connectivity index (χ0n) is 12.8. The number of halogens is 1. The van der Waals surface area contributed by atoms with E-state index in [4.69, 9.17) is 16.5 Å². The minimum absolute atomic E-state index is 0.221. The lowest BCUT2D eigenvalue weighted by atomic mass is 10.2. The molecule has 9 heteroatoms. The van der Waals surface area contributed by atoms with Gasteiger partial charge in [-0.1, -0.05) is 0 Å². The highest BCUT2D eigenvalue weighted by molar-refractivity contribution is 7.20. The number of amides is 1. The summed E-state index contributed by atoms with van der Waals surface area (Å²) in [4.78, 5) is 30.9. The quantitative estimate of drug-likeness (QED) is 0.548. The van der Waals surface area contributed by atoms with Gasteiger partial charge in [0.1, 0.15) is 4.88 Å². The number of imidazole rings is 1. The summed E-state index contributed by atoms with van der Waals surface area (Å²) in [6.45, 7) is 0. The van der Waals surface area contributed by atoms with E-state index in [0.29, 0.717) is 16.4 Å². The molecule has 0 saturated carbocycles. The number of nitrogens with zero attached hydrogens (tertiary/aromatic N) is 2. The number of anilines is 2. The van der Waals surface area contributed by atoms with Gasteiger partial charge in [0.15, 0.2) is 5.82 Å². The lowest BCUT2D eigenvalue weighted by Crippen LogP contribution is -2.16. The first-order chi connectivity index (χ1) is 11.5. The Hall–Kier alpha value is -2.58. The molecule has 0 atom stereocenters. The summed E-state index contributed by atoms with van der Waals surface area (Å²) >= 11 is 6.82. The molecule has 7 nitrogen and oxygen atoms in total. The summed E-state index contributed by atoms with van der Waals surface area (Å²) in [5.41, 5.74) is 0.602. The molecule has 0 fully saturated rings. The second kappa shape index (κ2) is 6.50. The van der Waals surface area contributed by atoms with Crippen molar-refractivity contribution in [1.82, 2.24) is 9.55 Å². The van der Waals surface area contributed by atoms with Crippen molar-refractivity contribution in [2.45, 2.75) is 0 Å². The monoisotopic (exact) mass is 364 g/mol. The molecular weight excluding hydrogens is 352 g/mol. The molecule has 2 N–H and O–H groups in total. The average molecular weight is 365 g/mol. The third-order valence-electron chi connectivity index (χ3n) is 3.34. The largest absolute Gasteiger partial charge is 0.465 e. The van der Waals surface area contributed by atoms with Gasteiger partial charge in [0.25, 0.3) is 5.91 Å². The maximum atomic E-state index is 12.3. The smallest absolute Gasteiger partial charge is 0.348 e. The predicted octanol–water partition coefficient (Wildman–Crippen LogP) is 3.24. The molecule has 0 unspecified atom stereocenters. The number of ether oxygens (including phenoxy) is 1. The van der Waals surface area contributed by atoms with E-state index in [9.17, 15) is 9.59 Å². The third-order valence-corrected chi connectivity index (χ3v) is 4.63. The standard InChI is InChI=1S/C15H13ClN4O3S/c1-20-7-12(19-16)18-13(20)14(21)17-9-3-4-10-8(5-9)6-11(24-10)15(22)23-2/h3-7,19H,1-2H3,(H,17,21). The maximum Gasteiger partial charge on any atom is 0.348 e.